The number of benzene rings is 1. The number of carbonyl (C=O) groups excluding carboxylic acids is 2. The van der Waals surface area contributed by atoms with E-state index in [4.69, 9.17) is 4.74 Å². The van der Waals surface area contributed by atoms with Crippen LogP contribution < -0.4 is 0 Å². The molecule has 150 valence electrons. The molecule has 1 aromatic heterocycles. The normalized spacial score (nSPS) is 16.2. The molecule has 1 unspecified atom stereocenters. The summed E-state index contributed by atoms with van der Waals surface area (Å²) >= 11 is 0. The second-order valence-electron chi connectivity index (χ2n) is 7.19. The first kappa shape index (κ1) is 20.1. The molecule has 0 saturated carbocycles. The van der Waals surface area contributed by atoms with Crippen molar-refractivity contribution in [2.45, 2.75) is 32.5 Å². The molecule has 2 heterocycles. The number of nitrogens with zero attached hydrogens (tertiary/aromatic N) is 3. The maximum atomic E-state index is 14.6. The maximum absolute atomic E-state index is 14.6. The third kappa shape index (κ3) is 3.94. The number of methoxy groups -OCH3 is 1. The van der Waals surface area contributed by atoms with E-state index in [1.807, 2.05) is 36.7 Å². The molecule has 0 fully saturated rings. The third-order valence-electron chi connectivity index (χ3n) is 5.08. The van der Waals surface area contributed by atoms with Gasteiger partial charge in [0.25, 0.3) is 0 Å². The van der Waals surface area contributed by atoms with Crippen LogP contribution in [0.2, 0.25) is 0 Å². The van der Waals surface area contributed by atoms with Crippen molar-refractivity contribution in [1.82, 2.24) is 14.4 Å². The van der Waals surface area contributed by atoms with Gasteiger partial charge in [0.15, 0.2) is 0 Å². The van der Waals surface area contributed by atoms with E-state index in [9.17, 15) is 14.0 Å². The third-order valence-corrected chi connectivity index (χ3v) is 5.08. The largest absolute Gasteiger partial charge is 0.375 e. The molecule has 1 aromatic carbocycles. The summed E-state index contributed by atoms with van der Waals surface area (Å²) in [5, 5.41) is 0. The number of halogens is 1. The van der Waals surface area contributed by atoms with Gasteiger partial charge >= 0.3 is 0 Å². The molecule has 0 spiro atoms. The Bertz CT molecular complexity index is 849. The smallest absolute Gasteiger partial charge is 0.249 e. The number of hydrogen-bond donors (Lipinski definition) is 0. The predicted molar refractivity (Wildman–Crippen MR) is 103 cm³/mol. The molecule has 28 heavy (non-hydrogen) atoms. The van der Waals surface area contributed by atoms with E-state index < -0.39 is 6.04 Å². The van der Waals surface area contributed by atoms with E-state index in [0.29, 0.717) is 18.7 Å². The Balaban J connectivity index is 1.92. The average molecular weight is 387 g/mol. The van der Waals surface area contributed by atoms with Crippen molar-refractivity contribution in [3.05, 3.63) is 59.7 Å². The summed E-state index contributed by atoms with van der Waals surface area (Å²) in [4.78, 5) is 28.7. The molecule has 0 aliphatic carbocycles. The number of rotatable bonds is 6. The molecule has 1 aliphatic heterocycles. The molecule has 1 atom stereocenters. The molecular weight excluding hydrogens is 361 g/mol. The highest BCUT2D eigenvalue weighted by Crippen LogP contribution is 2.33. The summed E-state index contributed by atoms with van der Waals surface area (Å²) < 4.78 is 21.6. The molecule has 0 saturated heterocycles. The van der Waals surface area contributed by atoms with Crippen LogP contribution in [-0.4, -0.2) is 59.0 Å². The maximum Gasteiger partial charge on any atom is 0.249 e. The minimum atomic E-state index is -0.524. The summed E-state index contributed by atoms with van der Waals surface area (Å²) in [6.07, 6.45) is 1.94. The first-order valence-electron chi connectivity index (χ1n) is 9.41. The lowest BCUT2D eigenvalue weighted by molar-refractivity contribution is -0.145. The van der Waals surface area contributed by atoms with Gasteiger partial charge in [0, 0.05) is 43.7 Å². The van der Waals surface area contributed by atoms with Crippen molar-refractivity contribution >= 4 is 11.8 Å². The zero-order valence-corrected chi connectivity index (χ0v) is 16.5. The fraction of sp³-hybridized carbons (Fsp3) is 0.429. The minimum absolute atomic E-state index is 0.0640. The number of fused-ring (bicyclic) bond motifs is 1. The Morgan fingerprint density at radius 3 is 2.64 bits per heavy atom. The van der Waals surface area contributed by atoms with E-state index in [2.05, 4.69) is 0 Å². The molecule has 0 N–H and O–H groups in total. The Hall–Kier alpha value is -2.67. The average Bonchev–Trinajstić information content (AvgIpc) is 3.14. The predicted octanol–water partition coefficient (Wildman–Crippen LogP) is 2.44. The van der Waals surface area contributed by atoms with Crippen LogP contribution >= 0.6 is 0 Å². The van der Waals surface area contributed by atoms with Gasteiger partial charge in [0.2, 0.25) is 11.8 Å². The Labute approximate surface area is 164 Å². The zero-order valence-electron chi connectivity index (χ0n) is 16.5. The second kappa shape index (κ2) is 8.56. The lowest BCUT2D eigenvalue weighted by Crippen LogP contribution is -2.50. The highest BCUT2D eigenvalue weighted by atomic mass is 19.1. The van der Waals surface area contributed by atoms with Crippen LogP contribution in [0, 0.1) is 5.82 Å². The van der Waals surface area contributed by atoms with E-state index in [1.54, 1.807) is 23.1 Å². The molecular formula is C21H26FN3O3. The van der Waals surface area contributed by atoms with E-state index in [0.717, 1.165) is 5.69 Å². The zero-order chi connectivity index (χ0) is 20.3. The number of carbonyl (C=O) groups is 2. The monoisotopic (exact) mass is 387 g/mol. The van der Waals surface area contributed by atoms with Gasteiger partial charge < -0.3 is 19.1 Å². The molecule has 2 amide bonds. The van der Waals surface area contributed by atoms with Crippen molar-refractivity contribution in [2.24, 2.45) is 0 Å². The Morgan fingerprint density at radius 1 is 1.21 bits per heavy atom. The summed E-state index contributed by atoms with van der Waals surface area (Å²) in [7, 11) is 1.45. The van der Waals surface area contributed by atoms with Gasteiger partial charge in [-0.1, -0.05) is 18.2 Å². The SMILES string of the molecule is COCC(=O)N(CC(=O)N1CCn2cccc2C1c1ccccc1F)C(C)C. The number of amides is 2. The highest BCUT2D eigenvalue weighted by Gasteiger charge is 2.35. The van der Waals surface area contributed by atoms with Crippen LogP contribution in [0.25, 0.3) is 0 Å². The topological polar surface area (TPSA) is 54.8 Å². The van der Waals surface area contributed by atoms with E-state index in [-0.39, 0.29) is 36.8 Å². The van der Waals surface area contributed by atoms with Crippen LogP contribution in [-0.2, 0) is 20.9 Å². The van der Waals surface area contributed by atoms with Crippen LogP contribution in [0.15, 0.2) is 42.6 Å². The fourth-order valence-electron chi connectivity index (χ4n) is 3.68. The molecule has 2 aromatic rings. The number of hydrogen-bond acceptors (Lipinski definition) is 3. The minimum Gasteiger partial charge on any atom is -0.375 e. The lowest BCUT2D eigenvalue weighted by atomic mass is 9.99. The Kier molecular flexibility index (Phi) is 6.14. The molecule has 0 bridgehead atoms. The molecule has 3 rings (SSSR count). The van der Waals surface area contributed by atoms with Gasteiger partial charge in [0.05, 0.1) is 0 Å². The van der Waals surface area contributed by atoms with Crippen molar-refractivity contribution in [3.63, 3.8) is 0 Å². The van der Waals surface area contributed by atoms with Gasteiger partial charge in [-0.15, -0.1) is 0 Å². The van der Waals surface area contributed by atoms with Gasteiger partial charge in [-0.05, 0) is 32.0 Å². The Morgan fingerprint density at radius 2 is 1.96 bits per heavy atom. The molecule has 6 nitrogen and oxygen atoms in total. The summed E-state index contributed by atoms with van der Waals surface area (Å²) in [5.74, 6) is -0.802. The van der Waals surface area contributed by atoms with Crippen LogP contribution in [0.5, 0.6) is 0 Å². The van der Waals surface area contributed by atoms with Crippen molar-refractivity contribution in [3.8, 4) is 0 Å². The van der Waals surface area contributed by atoms with Gasteiger partial charge in [-0.3, -0.25) is 9.59 Å². The lowest BCUT2D eigenvalue weighted by Gasteiger charge is -2.39. The standard InChI is InChI=1S/C21H26FN3O3/c1-15(2)25(20(27)14-28-3)13-19(26)24-12-11-23-10-6-9-18(23)21(24)16-7-4-5-8-17(16)22/h4-10,15,21H,11-14H2,1-3H3. The van der Waals surface area contributed by atoms with E-state index >= 15 is 0 Å². The summed E-state index contributed by atoms with van der Waals surface area (Å²) in [6, 6.07) is 9.66. The van der Waals surface area contributed by atoms with Crippen molar-refractivity contribution in [1.29, 1.82) is 0 Å². The quantitative estimate of drug-likeness (QED) is 0.765. The first-order chi connectivity index (χ1) is 13.4. The van der Waals surface area contributed by atoms with Gasteiger partial charge in [-0.2, -0.15) is 0 Å². The van der Waals surface area contributed by atoms with Crippen molar-refractivity contribution < 1.29 is 18.7 Å². The molecule has 0 radical (unpaired) electrons. The van der Waals surface area contributed by atoms with Gasteiger partial charge in [-0.25, -0.2) is 4.39 Å². The fourth-order valence-corrected chi connectivity index (χ4v) is 3.68. The van der Waals surface area contributed by atoms with Crippen molar-refractivity contribution in [2.75, 3.05) is 26.8 Å². The summed E-state index contributed by atoms with van der Waals surface area (Å²) in [5.41, 5.74) is 1.32. The van der Waals surface area contributed by atoms with Gasteiger partial charge in [0.1, 0.15) is 25.0 Å². The van der Waals surface area contributed by atoms with Crippen LogP contribution in [0.3, 0.4) is 0 Å². The number of aromatic nitrogens is 1. The van der Waals surface area contributed by atoms with Crippen LogP contribution in [0.4, 0.5) is 4.39 Å². The van der Waals surface area contributed by atoms with Crippen LogP contribution in [0.1, 0.15) is 31.1 Å². The second-order valence-corrected chi connectivity index (χ2v) is 7.19. The van der Waals surface area contributed by atoms with E-state index in [1.165, 1.54) is 18.1 Å². The first-order valence-corrected chi connectivity index (χ1v) is 9.41. The summed E-state index contributed by atoms with van der Waals surface area (Å²) in [6.45, 7) is 4.65. The molecule has 7 heteroatoms. The molecule has 1 aliphatic rings. The highest BCUT2D eigenvalue weighted by molar-refractivity contribution is 5.86. The number of ether oxygens (including phenoxy) is 1.